The van der Waals surface area contributed by atoms with Crippen LogP contribution in [0.5, 0.6) is 0 Å². The van der Waals surface area contributed by atoms with E-state index in [9.17, 15) is 36.8 Å². The Morgan fingerprint density at radius 3 is 2.55 bits per heavy atom. The molecule has 1 aliphatic rings. The van der Waals surface area contributed by atoms with Crippen molar-refractivity contribution in [1.82, 2.24) is 15.1 Å². The van der Waals surface area contributed by atoms with E-state index in [1.165, 1.54) is 36.1 Å². The Hall–Kier alpha value is -4.76. The average Bonchev–Trinajstić information content (AvgIpc) is 3.43. The molecule has 0 saturated heterocycles. The number of alkyl halides is 3. The van der Waals surface area contributed by atoms with Gasteiger partial charge in [-0.1, -0.05) is 11.6 Å². The molecule has 202 valence electrons. The topological polar surface area (TPSA) is 99.8 Å². The third-order valence-corrected chi connectivity index (χ3v) is 6.69. The number of halogens is 6. The molecule has 2 N–H and O–H groups in total. The molecule has 40 heavy (non-hydrogen) atoms. The van der Waals surface area contributed by atoms with Crippen LogP contribution in [0, 0.1) is 23.0 Å². The van der Waals surface area contributed by atoms with Crippen LogP contribution in [-0.2, 0) is 13.2 Å². The van der Waals surface area contributed by atoms with Crippen molar-refractivity contribution in [3.63, 3.8) is 0 Å². The highest BCUT2D eigenvalue weighted by atomic mass is 35.5. The van der Waals surface area contributed by atoms with Crippen molar-refractivity contribution in [1.29, 1.82) is 5.26 Å². The van der Waals surface area contributed by atoms with E-state index in [2.05, 4.69) is 15.7 Å². The smallest absolute Gasteiger partial charge is 0.341 e. The maximum atomic E-state index is 14.1. The Morgan fingerprint density at radius 1 is 1.10 bits per heavy atom. The van der Waals surface area contributed by atoms with E-state index >= 15 is 0 Å². The summed E-state index contributed by atoms with van der Waals surface area (Å²) in [6.07, 6.45) is -3.55. The SMILES string of the molecule is Cn1ncc(-c2cc(NC(=O)c3cc(F)cc(C(F)(F)F)c3)c3c(c2)C(=O)NC3c2cc(F)ccc2Cl)c1C#N. The molecule has 13 heteroatoms. The molecule has 1 unspecified atom stereocenters. The van der Waals surface area contributed by atoms with E-state index in [1.807, 2.05) is 6.07 Å². The fraction of sp³-hybridized carbons (Fsp3) is 0.111. The number of nitrogens with one attached hydrogen (secondary N) is 2. The molecular formula is C27H15ClF5N5O2. The van der Waals surface area contributed by atoms with Gasteiger partial charge in [0.2, 0.25) is 0 Å². The second kappa shape index (κ2) is 9.77. The molecule has 0 fully saturated rings. The van der Waals surface area contributed by atoms with Gasteiger partial charge in [-0.3, -0.25) is 14.3 Å². The molecule has 0 aliphatic carbocycles. The van der Waals surface area contributed by atoms with Gasteiger partial charge in [0.25, 0.3) is 11.8 Å². The predicted octanol–water partition coefficient (Wildman–Crippen LogP) is 5.99. The molecule has 5 rings (SSSR count). The van der Waals surface area contributed by atoms with Crippen molar-refractivity contribution in [2.45, 2.75) is 12.2 Å². The predicted molar refractivity (Wildman–Crippen MR) is 133 cm³/mol. The monoisotopic (exact) mass is 571 g/mol. The minimum Gasteiger partial charge on any atom is -0.341 e. The van der Waals surface area contributed by atoms with Gasteiger partial charge in [-0.05, 0) is 54.1 Å². The Bertz CT molecular complexity index is 1760. The molecule has 7 nitrogen and oxygen atoms in total. The van der Waals surface area contributed by atoms with Crippen LogP contribution in [0.1, 0.15) is 49.1 Å². The van der Waals surface area contributed by atoms with Gasteiger partial charge in [0.15, 0.2) is 0 Å². The summed E-state index contributed by atoms with van der Waals surface area (Å²) in [6, 6.07) is 8.63. The van der Waals surface area contributed by atoms with Crippen LogP contribution in [0.2, 0.25) is 5.02 Å². The maximum absolute atomic E-state index is 14.1. The molecule has 1 aromatic heterocycles. The van der Waals surface area contributed by atoms with Gasteiger partial charge < -0.3 is 10.6 Å². The van der Waals surface area contributed by atoms with Gasteiger partial charge in [-0.25, -0.2) is 8.78 Å². The van der Waals surface area contributed by atoms with Crippen LogP contribution in [0.15, 0.2) is 54.7 Å². The Kier molecular flexibility index (Phi) is 6.55. The lowest BCUT2D eigenvalue weighted by atomic mass is 9.92. The first kappa shape index (κ1) is 26.8. The molecule has 1 aliphatic heterocycles. The van der Waals surface area contributed by atoms with Gasteiger partial charge in [-0.15, -0.1) is 0 Å². The summed E-state index contributed by atoms with van der Waals surface area (Å²) in [5.74, 6) is -3.67. The lowest BCUT2D eigenvalue weighted by Crippen LogP contribution is -2.21. The summed E-state index contributed by atoms with van der Waals surface area (Å²) in [6.45, 7) is 0. The number of anilines is 1. The largest absolute Gasteiger partial charge is 0.416 e. The molecule has 2 amide bonds. The Morgan fingerprint density at radius 2 is 1.85 bits per heavy atom. The highest BCUT2D eigenvalue weighted by Crippen LogP contribution is 2.42. The van der Waals surface area contributed by atoms with Crippen molar-refractivity contribution >= 4 is 29.1 Å². The second-order valence-electron chi connectivity index (χ2n) is 8.88. The number of amides is 2. The van der Waals surface area contributed by atoms with E-state index < -0.39 is 46.8 Å². The van der Waals surface area contributed by atoms with Crippen molar-refractivity contribution < 1.29 is 31.5 Å². The van der Waals surface area contributed by atoms with Gasteiger partial charge in [0.05, 0.1) is 17.8 Å². The van der Waals surface area contributed by atoms with Crippen molar-refractivity contribution in [2.75, 3.05) is 5.32 Å². The molecule has 1 atom stereocenters. The number of hydrogen-bond donors (Lipinski definition) is 2. The van der Waals surface area contributed by atoms with Crippen LogP contribution in [0.3, 0.4) is 0 Å². The fourth-order valence-corrected chi connectivity index (χ4v) is 4.75. The number of benzene rings is 3. The minimum atomic E-state index is -4.91. The number of rotatable bonds is 4. The quantitative estimate of drug-likeness (QED) is 0.294. The molecule has 0 bridgehead atoms. The zero-order chi connectivity index (χ0) is 28.9. The molecule has 0 spiro atoms. The summed E-state index contributed by atoms with van der Waals surface area (Å²) in [5, 5.41) is 18.9. The average molecular weight is 572 g/mol. The van der Waals surface area contributed by atoms with Crippen LogP contribution in [-0.4, -0.2) is 21.6 Å². The fourth-order valence-electron chi connectivity index (χ4n) is 4.52. The highest BCUT2D eigenvalue weighted by Gasteiger charge is 2.36. The third kappa shape index (κ3) is 4.76. The Balaban J connectivity index is 1.69. The lowest BCUT2D eigenvalue weighted by Gasteiger charge is -2.19. The minimum absolute atomic E-state index is 0.0288. The zero-order valence-electron chi connectivity index (χ0n) is 20.2. The van der Waals surface area contributed by atoms with E-state index in [1.54, 1.807) is 0 Å². The normalized spacial score (nSPS) is 14.4. The third-order valence-electron chi connectivity index (χ3n) is 6.35. The van der Waals surface area contributed by atoms with Crippen LogP contribution >= 0.6 is 11.6 Å². The summed E-state index contributed by atoms with van der Waals surface area (Å²) in [7, 11) is 1.52. The summed E-state index contributed by atoms with van der Waals surface area (Å²) < 4.78 is 69.3. The number of aryl methyl sites for hydroxylation is 1. The number of carbonyl (C=O) groups excluding carboxylic acids is 2. The van der Waals surface area contributed by atoms with Gasteiger partial charge in [-0.2, -0.15) is 23.5 Å². The zero-order valence-corrected chi connectivity index (χ0v) is 21.0. The van der Waals surface area contributed by atoms with Gasteiger partial charge in [0.1, 0.15) is 23.4 Å². The van der Waals surface area contributed by atoms with E-state index in [0.717, 1.165) is 12.1 Å². The van der Waals surface area contributed by atoms with Crippen LogP contribution < -0.4 is 10.6 Å². The summed E-state index contributed by atoms with van der Waals surface area (Å²) in [4.78, 5) is 26.2. The van der Waals surface area contributed by atoms with Gasteiger partial charge in [0, 0.05) is 45.6 Å². The van der Waals surface area contributed by atoms with Crippen molar-refractivity contribution in [3.05, 3.63) is 105 Å². The number of fused-ring (bicyclic) bond motifs is 1. The molecular weight excluding hydrogens is 557 g/mol. The maximum Gasteiger partial charge on any atom is 0.416 e. The lowest BCUT2D eigenvalue weighted by molar-refractivity contribution is -0.137. The molecule has 4 aromatic rings. The summed E-state index contributed by atoms with van der Waals surface area (Å²) in [5.41, 5.74) is -1.04. The van der Waals surface area contributed by atoms with E-state index in [0.29, 0.717) is 17.7 Å². The highest BCUT2D eigenvalue weighted by molar-refractivity contribution is 6.31. The van der Waals surface area contributed by atoms with Crippen molar-refractivity contribution in [3.8, 4) is 17.2 Å². The molecule has 3 aromatic carbocycles. The van der Waals surface area contributed by atoms with E-state index in [4.69, 9.17) is 11.6 Å². The standard InChI is InChI=1S/C27H15ClF5N5O2/c1-38-22(10-34)19(11-35-38)12-6-18-23(24(37-26(18)40)17-9-15(29)2-3-20(17)28)21(7-12)36-25(39)13-4-14(27(31,32)33)8-16(30)5-13/h2-9,11,24H,1H3,(H,36,39)(H,37,40). The number of nitriles is 1. The van der Waals surface area contributed by atoms with Crippen molar-refractivity contribution in [2.24, 2.45) is 7.05 Å². The number of nitrogens with zero attached hydrogens (tertiary/aromatic N) is 3. The number of aromatic nitrogens is 2. The molecule has 0 radical (unpaired) electrons. The first-order valence-electron chi connectivity index (χ1n) is 11.4. The van der Waals surface area contributed by atoms with Crippen LogP contribution in [0.4, 0.5) is 27.6 Å². The first-order valence-corrected chi connectivity index (χ1v) is 11.8. The Labute approximate surface area is 227 Å². The number of hydrogen-bond acceptors (Lipinski definition) is 4. The first-order chi connectivity index (χ1) is 18.9. The molecule has 0 saturated carbocycles. The molecule has 2 heterocycles. The number of carbonyl (C=O) groups is 2. The second-order valence-corrected chi connectivity index (χ2v) is 9.29. The summed E-state index contributed by atoms with van der Waals surface area (Å²) >= 11 is 6.29. The van der Waals surface area contributed by atoms with Gasteiger partial charge >= 0.3 is 6.18 Å². The van der Waals surface area contributed by atoms with Crippen LogP contribution in [0.25, 0.3) is 11.1 Å². The van der Waals surface area contributed by atoms with E-state index in [-0.39, 0.29) is 44.7 Å².